The number of carbonyl (C=O) groups is 1. The van der Waals surface area contributed by atoms with Crippen molar-refractivity contribution in [2.45, 2.75) is 26.4 Å². The smallest absolute Gasteiger partial charge is 0.174 e. The number of rotatable bonds is 2. The van der Waals surface area contributed by atoms with Crippen LogP contribution in [-0.2, 0) is 6.54 Å². The Morgan fingerprint density at radius 1 is 1.23 bits per heavy atom. The van der Waals surface area contributed by atoms with Crippen molar-refractivity contribution in [3.63, 3.8) is 0 Å². The second-order valence-electron chi connectivity index (χ2n) is 5.56. The standard InChI is InChI=1S/C17H19N3OS/c1-12-16-4-3-9-19(16)10-11-20(12)17(22)18-15-7-5-14(6-8-15)13(2)21/h3-9,12H,10-11H2,1-2H3,(H,18,22)/t12-/m0/s1. The van der Waals surface area contributed by atoms with Crippen LogP contribution in [0.15, 0.2) is 42.6 Å². The second-order valence-corrected chi connectivity index (χ2v) is 5.95. The Morgan fingerprint density at radius 2 is 1.95 bits per heavy atom. The minimum absolute atomic E-state index is 0.0690. The summed E-state index contributed by atoms with van der Waals surface area (Å²) in [6.45, 7) is 5.56. The van der Waals surface area contributed by atoms with E-state index in [9.17, 15) is 4.79 Å². The van der Waals surface area contributed by atoms with Crippen molar-refractivity contribution in [2.24, 2.45) is 0 Å². The van der Waals surface area contributed by atoms with Crippen molar-refractivity contribution in [3.8, 4) is 0 Å². The Labute approximate surface area is 135 Å². The molecule has 1 aliphatic heterocycles. The van der Waals surface area contributed by atoms with Gasteiger partial charge in [-0.2, -0.15) is 0 Å². The lowest BCUT2D eigenvalue weighted by molar-refractivity contribution is 0.101. The second kappa shape index (κ2) is 5.93. The molecule has 3 rings (SSSR count). The Kier molecular flexibility index (Phi) is 3.98. The molecule has 1 aromatic carbocycles. The summed E-state index contributed by atoms with van der Waals surface area (Å²) in [6, 6.07) is 11.9. The summed E-state index contributed by atoms with van der Waals surface area (Å²) in [5.41, 5.74) is 2.89. The number of ketones is 1. The molecular weight excluding hydrogens is 294 g/mol. The van der Waals surface area contributed by atoms with Crippen LogP contribution >= 0.6 is 12.2 Å². The van der Waals surface area contributed by atoms with Crippen LogP contribution in [0.5, 0.6) is 0 Å². The molecule has 0 radical (unpaired) electrons. The van der Waals surface area contributed by atoms with Crippen molar-refractivity contribution in [1.29, 1.82) is 0 Å². The summed E-state index contributed by atoms with van der Waals surface area (Å²) in [5.74, 6) is 0.0690. The van der Waals surface area contributed by atoms with Crippen LogP contribution in [0.2, 0.25) is 0 Å². The summed E-state index contributed by atoms with van der Waals surface area (Å²) in [7, 11) is 0. The number of hydrogen-bond acceptors (Lipinski definition) is 2. The first kappa shape index (κ1) is 14.8. The van der Waals surface area contributed by atoms with Crippen LogP contribution in [0.3, 0.4) is 0 Å². The summed E-state index contributed by atoms with van der Waals surface area (Å²) < 4.78 is 2.27. The molecule has 4 nitrogen and oxygen atoms in total. The molecule has 1 N–H and O–H groups in total. The predicted octanol–water partition coefficient (Wildman–Crippen LogP) is 3.46. The van der Waals surface area contributed by atoms with Crippen LogP contribution in [-0.4, -0.2) is 26.9 Å². The van der Waals surface area contributed by atoms with E-state index < -0.39 is 0 Å². The fourth-order valence-electron chi connectivity index (χ4n) is 2.84. The quantitative estimate of drug-likeness (QED) is 0.680. The van der Waals surface area contributed by atoms with Crippen LogP contribution in [0.1, 0.15) is 35.9 Å². The van der Waals surface area contributed by atoms with Gasteiger partial charge in [-0.15, -0.1) is 0 Å². The summed E-state index contributed by atoms with van der Waals surface area (Å²) >= 11 is 5.56. The van der Waals surface area contributed by atoms with Gasteiger partial charge in [0.25, 0.3) is 0 Å². The Hall–Kier alpha value is -2.14. The van der Waals surface area contributed by atoms with E-state index in [0.717, 1.165) is 23.9 Å². The number of Topliss-reactive ketones (excluding diaryl/α,β-unsaturated/α-hetero) is 1. The van der Waals surface area contributed by atoms with Gasteiger partial charge in [0.2, 0.25) is 0 Å². The lowest BCUT2D eigenvalue weighted by atomic mass is 10.1. The van der Waals surface area contributed by atoms with Crippen LogP contribution < -0.4 is 5.32 Å². The predicted molar refractivity (Wildman–Crippen MR) is 92.2 cm³/mol. The molecule has 2 aromatic rings. The first-order valence-electron chi connectivity index (χ1n) is 7.40. The molecule has 0 amide bonds. The van der Waals surface area contributed by atoms with E-state index >= 15 is 0 Å². The third-order valence-corrected chi connectivity index (χ3v) is 4.48. The number of benzene rings is 1. The normalized spacial score (nSPS) is 17.0. The van der Waals surface area contributed by atoms with Gasteiger partial charge in [-0.3, -0.25) is 4.79 Å². The van der Waals surface area contributed by atoms with Gasteiger partial charge in [-0.05, 0) is 62.5 Å². The number of nitrogens with zero attached hydrogens (tertiary/aromatic N) is 2. The Bertz CT molecular complexity index is 705. The minimum Gasteiger partial charge on any atom is -0.348 e. The van der Waals surface area contributed by atoms with Crippen molar-refractivity contribution in [3.05, 3.63) is 53.9 Å². The minimum atomic E-state index is 0.0690. The molecule has 1 aliphatic rings. The van der Waals surface area contributed by atoms with Gasteiger partial charge in [-0.25, -0.2) is 0 Å². The number of nitrogens with one attached hydrogen (secondary N) is 1. The van der Waals surface area contributed by atoms with Crippen LogP contribution in [0, 0.1) is 0 Å². The third-order valence-electron chi connectivity index (χ3n) is 4.15. The summed E-state index contributed by atoms with van der Waals surface area (Å²) in [4.78, 5) is 13.5. The monoisotopic (exact) mass is 313 g/mol. The topological polar surface area (TPSA) is 37.3 Å². The first-order chi connectivity index (χ1) is 10.6. The first-order valence-corrected chi connectivity index (χ1v) is 7.81. The van der Waals surface area contributed by atoms with E-state index in [4.69, 9.17) is 12.2 Å². The average molecular weight is 313 g/mol. The van der Waals surface area contributed by atoms with Gasteiger partial charge in [-0.1, -0.05) is 0 Å². The van der Waals surface area contributed by atoms with Crippen molar-refractivity contribution in [1.82, 2.24) is 9.47 Å². The van der Waals surface area contributed by atoms with Crippen LogP contribution in [0.25, 0.3) is 0 Å². The lowest BCUT2D eigenvalue weighted by Crippen LogP contribution is -2.42. The van der Waals surface area contributed by atoms with Crippen molar-refractivity contribution < 1.29 is 4.79 Å². The van der Waals surface area contributed by atoms with Gasteiger partial charge in [0.1, 0.15) is 0 Å². The van der Waals surface area contributed by atoms with E-state index in [1.165, 1.54) is 5.69 Å². The van der Waals surface area contributed by atoms with E-state index in [1.807, 2.05) is 24.3 Å². The molecule has 0 unspecified atom stereocenters. The van der Waals surface area contributed by atoms with Gasteiger partial charge in [0.05, 0.1) is 6.04 Å². The number of carbonyl (C=O) groups excluding carboxylic acids is 1. The largest absolute Gasteiger partial charge is 0.348 e. The average Bonchev–Trinajstić information content (AvgIpc) is 2.97. The fourth-order valence-corrected chi connectivity index (χ4v) is 3.21. The molecule has 0 saturated heterocycles. The number of thiocarbonyl (C=S) groups is 1. The van der Waals surface area contributed by atoms with E-state index in [1.54, 1.807) is 6.92 Å². The molecule has 114 valence electrons. The van der Waals surface area contributed by atoms with E-state index in [2.05, 4.69) is 40.0 Å². The molecule has 22 heavy (non-hydrogen) atoms. The maximum atomic E-state index is 11.3. The molecule has 5 heteroatoms. The van der Waals surface area contributed by atoms with Crippen molar-refractivity contribution in [2.75, 3.05) is 11.9 Å². The Morgan fingerprint density at radius 3 is 2.64 bits per heavy atom. The maximum Gasteiger partial charge on any atom is 0.174 e. The van der Waals surface area contributed by atoms with Gasteiger partial charge < -0.3 is 14.8 Å². The van der Waals surface area contributed by atoms with Gasteiger partial charge in [0, 0.05) is 36.2 Å². The zero-order valence-electron chi connectivity index (χ0n) is 12.7. The van der Waals surface area contributed by atoms with Gasteiger partial charge in [0.15, 0.2) is 10.9 Å². The highest BCUT2D eigenvalue weighted by Crippen LogP contribution is 2.26. The molecule has 2 heterocycles. The molecule has 1 atom stereocenters. The number of hydrogen-bond donors (Lipinski definition) is 1. The highest BCUT2D eigenvalue weighted by Gasteiger charge is 2.25. The number of anilines is 1. The highest BCUT2D eigenvalue weighted by atomic mass is 32.1. The lowest BCUT2D eigenvalue weighted by Gasteiger charge is -2.36. The van der Waals surface area contributed by atoms with Crippen LogP contribution in [0.4, 0.5) is 5.69 Å². The molecule has 0 saturated carbocycles. The zero-order chi connectivity index (χ0) is 15.7. The molecule has 1 aromatic heterocycles. The van der Waals surface area contributed by atoms with E-state index in [-0.39, 0.29) is 11.8 Å². The highest BCUT2D eigenvalue weighted by molar-refractivity contribution is 7.80. The van der Waals surface area contributed by atoms with Crippen molar-refractivity contribution >= 4 is 28.8 Å². The zero-order valence-corrected chi connectivity index (χ0v) is 13.6. The maximum absolute atomic E-state index is 11.3. The fraction of sp³-hybridized carbons (Fsp3) is 0.294. The molecular formula is C17H19N3OS. The summed E-state index contributed by atoms with van der Waals surface area (Å²) in [5, 5.41) is 3.99. The molecule has 0 fully saturated rings. The van der Waals surface area contributed by atoms with E-state index in [0.29, 0.717) is 5.56 Å². The Balaban J connectivity index is 1.71. The number of aromatic nitrogens is 1. The molecule has 0 spiro atoms. The summed E-state index contributed by atoms with van der Waals surface area (Å²) in [6.07, 6.45) is 2.11. The third kappa shape index (κ3) is 2.76. The van der Waals surface area contributed by atoms with Gasteiger partial charge >= 0.3 is 0 Å². The SMILES string of the molecule is CC(=O)c1ccc(NC(=S)N2CCn3cccc3[C@@H]2C)cc1. The molecule has 0 aliphatic carbocycles. The molecule has 0 bridgehead atoms. The number of fused-ring (bicyclic) bond motifs is 1.